The molecule has 88 valence electrons. The Hall–Kier alpha value is -0.640. The highest BCUT2D eigenvalue weighted by molar-refractivity contribution is 7.80. The van der Waals surface area contributed by atoms with Crippen LogP contribution >= 0.6 is 12.2 Å². The molecule has 4 heteroatoms. The minimum Gasteiger partial charge on any atom is -0.392 e. The number of nitrogens with zero attached hydrogens (tertiary/aromatic N) is 1. The third kappa shape index (κ3) is 6.44. The maximum absolute atomic E-state index is 11.8. The van der Waals surface area contributed by atoms with E-state index in [0.29, 0.717) is 23.9 Å². The third-order valence-electron chi connectivity index (χ3n) is 2.41. The van der Waals surface area contributed by atoms with Crippen LogP contribution in [0.5, 0.6) is 0 Å². The van der Waals surface area contributed by atoms with Gasteiger partial charge in [-0.05, 0) is 12.3 Å². The molecule has 1 atom stereocenters. The van der Waals surface area contributed by atoms with Gasteiger partial charge in [0.2, 0.25) is 5.91 Å². The minimum atomic E-state index is 0.166. The quantitative estimate of drug-likeness (QED) is 0.680. The maximum Gasteiger partial charge on any atom is 0.223 e. The molecule has 0 radical (unpaired) electrons. The molecule has 3 nitrogen and oxygen atoms in total. The van der Waals surface area contributed by atoms with E-state index in [2.05, 4.69) is 13.8 Å². The fraction of sp³-hybridized carbons (Fsp3) is 0.818. The van der Waals surface area contributed by atoms with Crippen molar-refractivity contribution in [1.29, 1.82) is 0 Å². The van der Waals surface area contributed by atoms with Crippen LogP contribution in [0.15, 0.2) is 0 Å². The molecule has 0 aromatic heterocycles. The van der Waals surface area contributed by atoms with Gasteiger partial charge >= 0.3 is 0 Å². The van der Waals surface area contributed by atoms with Crippen LogP contribution in [-0.2, 0) is 4.79 Å². The van der Waals surface area contributed by atoms with Gasteiger partial charge in [-0.25, -0.2) is 0 Å². The Kier molecular flexibility index (Phi) is 7.30. The lowest BCUT2D eigenvalue weighted by Crippen LogP contribution is -2.38. The Labute approximate surface area is 98.0 Å². The number of carbonyl (C=O) groups is 1. The van der Waals surface area contributed by atoms with E-state index in [1.807, 2.05) is 6.92 Å². The van der Waals surface area contributed by atoms with Gasteiger partial charge in [0, 0.05) is 13.0 Å². The molecule has 0 heterocycles. The average molecular weight is 230 g/mol. The van der Waals surface area contributed by atoms with Crippen molar-refractivity contribution < 1.29 is 4.79 Å². The van der Waals surface area contributed by atoms with E-state index in [-0.39, 0.29) is 5.91 Å². The molecule has 0 rings (SSSR count). The van der Waals surface area contributed by atoms with E-state index in [1.54, 1.807) is 4.90 Å². The lowest BCUT2D eigenvalue weighted by atomic mass is 10.0. The highest BCUT2D eigenvalue weighted by atomic mass is 32.1. The molecule has 15 heavy (non-hydrogen) atoms. The molecular weight excluding hydrogens is 208 g/mol. The third-order valence-corrected chi connectivity index (χ3v) is 2.54. The van der Waals surface area contributed by atoms with Crippen molar-refractivity contribution in [1.82, 2.24) is 4.90 Å². The van der Waals surface area contributed by atoms with Crippen LogP contribution in [0.2, 0.25) is 0 Å². The lowest BCUT2D eigenvalue weighted by Gasteiger charge is -2.22. The molecular formula is C11H22N2OS. The monoisotopic (exact) mass is 230 g/mol. The molecule has 2 N–H and O–H groups in total. The van der Waals surface area contributed by atoms with Crippen LogP contribution in [0.3, 0.4) is 0 Å². The van der Waals surface area contributed by atoms with Gasteiger partial charge in [0.25, 0.3) is 0 Å². The van der Waals surface area contributed by atoms with Crippen molar-refractivity contribution >= 4 is 23.1 Å². The standard InChI is InChI=1S/C11H22N2OS/c1-4-6-13(8-10(12)15)11(14)7-9(3)5-2/h9H,4-8H2,1-3H3,(H2,12,15). The normalized spacial score (nSPS) is 12.2. The predicted molar refractivity (Wildman–Crippen MR) is 67.7 cm³/mol. The molecule has 0 aromatic carbocycles. The van der Waals surface area contributed by atoms with E-state index < -0.39 is 0 Å². The van der Waals surface area contributed by atoms with Crippen LogP contribution in [0, 0.1) is 5.92 Å². The fourth-order valence-corrected chi connectivity index (χ4v) is 1.48. The number of thiocarbonyl (C=S) groups is 1. The summed E-state index contributed by atoms with van der Waals surface area (Å²) in [6.45, 7) is 7.38. The Morgan fingerprint density at radius 2 is 2.07 bits per heavy atom. The predicted octanol–water partition coefficient (Wildman–Crippen LogP) is 1.95. The molecule has 0 aliphatic rings. The summed E-state index contributed by atoms with van der Waals surface area (Å²) < 4.78 is 0. The minimum absolute atomic E-state index is 0.166. The Morgan fingerprint density at radius 3 is 2.47 bits per heavy atom. The number of amides is 1. The smallest absolute Gasteiger partial charge is 0.223 e. The second kappa shape index (κ2) is 7.63. The summed E-state index contributed by atoms with van der Waals surface area (Å²) in [5, 5.41) is 0. The summed E-state index contributed by atoms with van der Waals surface area (Å²) in [6, 6.07) is 0. The largest absolute Gasteiger partial charge is 0.392 e. The topological polar surface area (TPSA) is 46.3 Å². The molecule has 0 fully saturated rings. The van der Waals surface area contributed by atoms with Crippen molar-refractivity contribution in [2.45, 2.75) is 40.0 Å². The Morgan fingerprint density at radius 1 is 1.47 bits per heavy atom. The first-order valence-electron chi connectivity index (χ1n) is 5.57. The first-order valence-corrected chi connectivity index (χ1v) is 5.98. The fourth-order valence-electron chi connectivity index (χ4n) is 1.32. The van der Waals surface area contributed by atoms with Crippen molar-refractivity contribution in [3.05, 3.63) is 0 Å². The van der Waals surface area contributed by atoms with Crippen LogP contribution in [0.1, 0.15) is 40.0 Å². The zero-order valence-corrected chi connectivity index (χ0v) is 10.8. The zero-order valence-electron chi connectivity index (χ0n) is 9.95. The molecule has 0 aliphatic heterocycles. The van der Waals surface area contributed by atoms with Crippen molar-refractivity contribution in [2.75, 3.05) is 13.1 Å². The van der Waals surface area contributed by atoms with Crippen LogP contribution < -0.4 is 5.73 Å². The first-order chi connectivity index (χ1) is 7.01. The molecule has 0 spiro atoms. The van der Waals surface area contributed by atoms with Gasteiger partial charge in [-0.15, -0.1) is 0 Å². The molecule has 0 saturated heterocycles. The Balaban J connectivity index is 4.21. The van der Waals surface area contributed by atoms with E-state index in [1.165, 1.54) is 0 Å². The highest BCUT2D eigenvalue weighted by Gasteiger charge is 2.15. The maximum atomic E-state index is 11.8. The lowest BCUT2D eigenvalue weighted by molar-refractivity contribution is -0.131. The molecule has 1 amide bonds. The molecule has 0 aliphatic carbocycles. The van der Waals surface area contributed by atoms with Crippen molar-refractivity contribution in [3.8, 4) is 0 Å². The summed E-state index contributed by atoms with van der Waals surface area (Å²) in [6.07, 6.45) is 2.56. The van der Waals surface area contributed by atoms with Gasteiger partial charge in [-0.1, -0.05) is 39.4 Å². The highest BCUT2D eigenvalue weighted by Crippen LogP contribution is 2.09. The number of rotatable bonds is 7. The van der Waals surface area contributed by atoms with E-state index in [9.17, 15) is 4.79 Å². The number of carbonyl (C=O) groups excluding carboxylic acids is 1. The van der Waals surface area contributed by atoms with E-state index >= 15 is 0 Å². The van der Waals surface area contributed by atoms with Crippen LogP contribution in [0.4, 0.5) is 0 Å². The molecule has 0 saturated carbocycles. The van der Waals surface area contributed by atoms with Crippen LogP contribution in [0.25, 0.3) is 0 Å². The molecule has 1 unspecified atom stereocenters. The van der Waals surface area contributed by atoms with Gasteiger partial charge in [-0.3, -0.25) is 4.79 Å². The zero-order chi connectivity index (χ0) is 11.8. The van der Waals surface area contributed by atoms with Crippen molar-refractivity contribution in [2.24, 2.45) is 11.7 Å². The Bertz CT molecular complexity index is 219. The van der Waals surface area contributed by atoms with E-state index in [0.717, 1.165) is 19.4 Å². The summed E-state index contributed by atoms with van der Waals surface area (Å²) in [7, 11) is 0. The second-order valence-corrected chi connectivity index (χ2v) is 4.52. The summed E-state index contributed by atoms with van der Waals surface area (Å²) in [4.78, 5) is 14.0. The number of hydrogen-bond donors (Lipinski definition) is 1. The summed E-state index contributed by atoms with van der Waals surface area (Å²) >= 11 is 4.83. The first kappa shape index (κ1) is 14.4. The average Bonchev–Trinajstić information content (AvgIpc) is 2.16. The van der Waals surface area contributed by atoms with Gasteiger partial charge in [0.1, 0.15) is 0 Å². The molecule has 0 bridgehead atoms. The second-order valence-electron chi connectivity index (χ2n) is 4.00. The summed E-state index contributed by atoms with van der Waals surface area (Å²) in [5.74, 6) is 0.599. The number of hydrogen-bond acceptors (Lipinski definition) is 2. The number of nitrogens with two attached hydrogens (primary N) is 1. The van der Waals surface area contributed by atoms with E-state index in [4.69, 9.17) is 18.0 Å². The van der Waals surface area contributed by atoms with Gasteiger partial charge in [0.15, 0.2) is 0 Å². The van der Waals surface area contributed by atoms with Crippen molar-refractivity contribution in [3.63, 3.8) is 0 Å². The van der Waals surface area contributed by atoms with Gasteiger partial charge < -0.3 is 10.6 Å². The van der Waals surface area contributed by atoms with Gasteiger partial charge in [0.05, 0.1) is 11.5 Å². The summed E-state index contributed by atoms with van der Waals surface area (Å²) in [5.41, 5.74) is 5.46. The van der Waals surface area contributed by atoms with Gasteiger partial charge in [-0.2, -0.15) is 0 Å². The van der Waals surface area contributed by atoms with Crippen LogP contribution in [-0.4, -0.2) is 28.9 Å². The SMILES string of the molecule is CCCN(CC(N)=S)C(=O)CC(C)CC. The molecule has 0 aromatic rings.